The SMILES string of the molecule is NC(N)c1ccccn1. The van der Waals surface area contributed by atoms with Gasteiger partial charge in [-0.1, -0.05) is 6.07 Å². The Morgan fingerprint density at radius 1 is 1.33 bits per heavy atom. The molecule has 0 saturated heterocycles. The minimum atomic E-state index is -0.453. The molecule has 0 saturated carbocycles. The normalized spacial score (nSPS) is 10.1. The molecule has 0 spiro atoms. The van der Waals surface area contributed by atoms with Crippen molar-refractivity contribution in [3.63, 3.8) is 0 Å². The molecule has 0 aromatic carbocycles. The van der Waals surface area contributed by atoms with Gasteiger partial charge in [-0.15, -0.1) is 0 Å². The molecular formula is C6H9N3. The predicted molar refractivity (Wildman–Crippen MR) is 35.4 cm³/mol. The summed E-state index contributed by atoms with van der Waals surface area (Å²) in [5.74, 6) is 0. The zero-order chi connectivity index (χ0) is 6.69. The number of hydrogen-bond acceptors (Lipinski definition) is 3. The van der Waals surface area contributed by atoms with Crippen LogP contribution in [0.15, 0.2) is 24.4 Å². The van der Waals surface area contributed by atoms with Gasteiger partial charge in [-0.2, -0.15) is 0 Å². The second-order valence-electron chi connectivity index (χ2n) is 1.78. The molecule has 0 amide bonds. The summed E-state index contributed by atoms with van der Waals surface area (Å²) in [5, 5.41) is 0. The number of rotatable bonds is 1. The Labute approximate surface area is 53.7 Å². The van der Waals surface area contributed by atoms with Crippen LogP contribution in [0.25, 0.3) is 0 Å². The highest BCUT2D eigenvalue weighted by atomic mass is 14.9. The first-order valence-corrected chi connectivity index (χ1v) is 2.73. The Balaban J connectivity index is 2.85. The third kappa shape index (κ3) is 1.48. The van der Waals surface area contributed by atoms with Crippen molar-refractivity contribution in [1.29, 1.82) is 0 Å². The molecule has 48 valence electrons. The van der Waals surface area contributed by atoms with Gasteiger partial charge in [0.05, 0.1) is 11.9 Å². The van der Waals surface area contributed by atoms with Crippen molar-refractivity contribution in [3.05, 3.63) is 30.1 Å². The molecule has 9 heavy (non-hydrogen) atoms. The smallest absolute Gasteiger partial charge is 0.0959 e. The summed E-state index contributed by atoms with van der Waals surface area (Å²) >= 11 is 0. The van der Waals surface area contributed by atoms with E-state index in [0.29, 0.717) is 0 Å². The Hall–Kier alpha value is -0.930. The lowest BCUT2D eigenvalue weighted by Crippen LogP contribution is -2.20. The molecule has 4 N–H and O–H groups in total. The summed E-state index contributed by atoms with van der Waals surface area (Å²) in [7, 11) is 0. The number of pyridine rings is 1. The van der Waals surface area contributed by atoms with E-state index in [2.05, 4.69) is 4.98 Å². The van der Waals surface area contributed by atoms with Crippen LogP contribution in [-0.2, 0) is 0 Å². The molecule has 3 nitrogen and oxygen atoms in total. The van der Waals surface area contributed by atoms with Gasteiger partial charge in [-0.05, 0) is 12.1 Å². The molecule has 1 aromatic rings. The van der Waals surface area contributed by atoms with E-state index in [9.17, 15) is 0 Å². The topological polar surface area (TPSA) is 64.9 Å². The molecule has 0 unspecified atom stereocenters. The first kappa shape index (κ1) is 6.19. The van der Waals surface area contributed by atoms with E-state index >= 15 is 0 Å². The van der Waals surface area contributed by atoms with Crippen molar-refractivity contribution in [2.75, 3.05) is 0 Å². The van der Waals surface area contributed by atoms with E-state index in [1.807, 2.05) is 12.1 Å². The van der Waals surface area contributed by atoms with E-state index in [4.69, 9.17) is 11.5 Å². The monoisotopic (exact) mass is 123 g/mol. The molecule has 1 aromatic heterocycles. The Kier molecular flexibility index (Phi) is 1.77. The largest absolute Gasteiger partial charge is 0.311 e. The molecule has 0 atom stereocenters. The van der Waals surface area contributed by atoms with E-state index in [1.54, 1.807) is 12.3 Å². The molecule has 1 heterocycles. The number of nitrogens with two attached hydrogens (primary N) is 2. The zero-order valence-corrected chi connectivity index (χ0v) is 4.99. The van der Waals surface area contributed by atoms with Crippen molar-refractivity contribution >= 4 is 0 Å². The Morgan fingerprint density at radius 3 is 2.44 bits per heavy atom. The van der Waals surface area contributed by atoms with Crippen molar-refractivity contribution in [3.8, 4) is 0 Å². The van der Waals surface area contributed by atoms with Crippen LogP contribution in [0.5, 0.6) is 0 Å². The maximum Gasteiger partial charge on any atom is 0.0959 e. The third-order valence-electron chi connectivity index (χ3n) is 1.03. The number of aromatic nitrogens is 1. The van der Waals surface area contributed by atoms with Crippen molar-refractivity contribution in [2.45, 2.75) is 6.17 Å². The molecule has 0 aliphatic carbocycles. The highest BCUT2D eigenvalue weighted by Gasteiger charge is 1.95. The van der Waals surface area contributed by atoms with E-state index < -0.39 is 6.17 Å². The quantitative estimate of drug-likeness (QED) is 0.516. The van der Waals surface area contributed by atoms with Gasteiger partial charge in [-0.3, -0.25) is 4.98 Å². The average molecular weight is 123 g/mol. The summed E-state index contributed by atoms with van der Waals surface area (Å²) in [6.07, 6.45) is 1.22. The summed E-state index contributed by atoms with van der Waals surface area (Å²) < 4.78 is 0. The van der Waals surface area contributed by atoms with Gasteiger partial charge in [0, 0.05) is 6.20 Å². The van der Waals surface area contributed by atoms with Crippen molar-refractivity contribution in [2.24, 2.45) is 11.5 Å². The fraction of sp³-hybridized carbons (Fsp3) is 0.167. The minimum absolute atomic E-state index is 0.453. The second-order valence-corrected chi connectivity index (χ2v) is 1.78. The van der Waals surface area contributed by atoms with Gasteiger partial charge < -0.3 is 11.5 Å². The third-order valence-corrected chi connectivity index (χ3v) is 1.03. The van der Waals surface area contributed by atoms with Gasteiger partial charge in [0.15, 0.2) is 0 Å². The Bertz CT molecular complexity index is 171. The van der Waals surface area contributed by atoms with Gasteiger partial charge in [-0.25, -0.2) is 0 Å². The van der Waals surface area contributed by atoms with Gasteiger partial charge in [0.25, 0.3) is 0 Å². The van der Waals surface area contributed by atoms with Gasteiger partial charge in [0.1, 0.15) is 0 Å². The van der Waals surface area contributed by atoms with E-state index in [0.717, 1.165) is 5.69 Å². The molecule has 0 aliphatic heterocycles. The summed E-state index contributed by atoms with van der Waals surface area (Å²) in [5.41, 5.74) is 11.4. The van der Waals surface area contributed by atoms with Crippen LogP contribution in [0, 0.1) is 0 Å². The lowest BCUT2D eigenvalue weighted by molar-refractivity contribution is 0.742. The molecule has 0 aliphatic rings. The maximum atomic E-state index is 5.33. The van der Waals surface area contributed by atoms with E-state index in [1.165, 1.54) is 0 Å². The molecular weight excluding hydrogens is 114 g/mol. The highest BCUT2D eigenvalue weighted by molar-refractivity contribution is 5.06. The summed E-state index contributed by atoms with van der Waals surface area (Å²) in [4.78, 5) is 3.93. The first-order chi connectivity index (χ1) is 4.30. The van der Waals surface area contributed by atoms with Crippen LogP contribution in [0.1, 0.15) is 11.9 Å². The molecule has 0 fully saturated rings. The summed E-state index contributed by atoms with van der Waals surface area (Å²) in [6, 6.07) is 5.48. The van der Waals surface area contributed by atoms with Crippen molar-refractivity contribution in [1.82, 2.24) is 4.98 Å². The lowest BCUT2D eigenvalue weighted by atomic mass is 10.3. The first-order valence-electron chi connectivity index (χ1n) is 2.73. The molecule has 1 rings (SSSR count). The average Bonchev–Trinajstić information content (AvgIpc) is 1.90. The summed E-state index contributed by atoms with van der Waals surface area (Å²) in [6.45, 7) is 0. The fourth-order valence-electron chi connectivity index (χ4n) is 0.573. The van der Waals surface area contributed by atoms with Crippen LogP contribution >= 0.6 is 0 Å². The number of hydrogen-bond donors (Lipinski definition) is 2. The van der Waals surface area contributed by atoms with Crippen LogP contribution in [0.3, 0.4) is 0 Å². The lowest BCUT2D eigenvalue weighted by Gasteiger charge is -2.00. The standard InChI is InChI=1S/C6H9N3/c7-6(8)5-3-1-2-4-9-5/h1-4,6H,7-8H2. The van der Waals surface area contributed by atoms with Crippen LogP contribution in [0.2, 0.25) is 0 Å². The van der Waals surface area contributed by atoms with Crippen LogP contribution < -0.4 is 11.5 Å². The van der Waals surface area contributed by atoms with Crippen LogP contribution in [-0.4, -0.2) is 4.98 Å². The van der Waals surface area contributed by atoms with E-state index in [-0.39, 0.29) is 0 Å². The molecule has 3 heteroatoms. The zero-order valence-electron chi connectivity index (χ0n) is 4.99. The minimum Gasteiger partial charge on any atom is -0.311 e. The van der Waals surface area contributed by atoms with Gasteiger partial charge >= 0.3 is 0 Å². The highest BCUT2D eigenvalue weighted by Crippen LogP contribution is 1.96. The molecule has 0 bridgehead atoms. The molecule has 0 radical (unpaired) electrons. The Morgan fingerprint density at radius 2 is 2.11 bits per heavy atom. The van der Waals surface area contributed by atoms with Crippen molar-refractivity contribution < 1.29 is 0 Å². The van der Waals surface area contributed by atoms with Crippen LogP contribution in [0.4, 0.5) is 0 Å². The predicted octanol–water partition coefficient (Wildman–Crippen LogP) is -0.00240. The second kappa shape index (κ2) is 2.57. The maximum absolute atomic E-state index is 5.33. The fourth-order valence-corrected chi connectivity index (χ4v) is 0.573. The number of nitrogens with zero attached hydrogens (tertiary/aromatic N) is 1. The van der Waals surface area contributed by atoms with Gasteiger partial charge in [0.2, 0.25) is 0 Å².